The van der Waals surface area contributed by atoms with E-state index in [9.17, 15) is 18.0 Å². The van der Waals surface area contributed by atoms with Gasteiger partial charge in [0, 0.05) is 12.6 Å². The van der Waals surface area contributed by atoms with Crippen LogP contribution in [-0.4, -0.2) is 27.3 Å². The summed E-state index contributed by atoms with van der Waals surface area (Å²) < 4.78 is 32.1. The Bertz CT molecular complexity index is 1170. The number of amides is 1. The lowest BCUT2D eigenvalue weighted by atomic mass is 10.1. The predicted molar refractivity (Wildman–Crippen MR) is 117 cm³/mol. The third-order valence-electron chi connectivity index (χ3n) is 4.73. The average Bonchev–Trinajstić information content (AvgIpc) is 2.77. The summed E-state index contributed by atoms with van der Waals surface area (Å²) in [6, 6.07) is 20.8. The van der Waals surface area contributed by atoms with Crippen LogP contribution in [0.2, 0.25) is 0 Å². The van der Waals surface area contributed by atoms with E-state index in [-0.39, 0.29) is 10.5 Å². The zero-order valence-electron chi connectivity index (χ0n) is 17.1. The Morgan fingerprint density at radius 1 is 0.903 bits per heavy atom. The number of rotatable bonds is 7. The monoisotopic (exact) mass is 438 g/mol. The van der Waals surface area contributed by atoms with Crippen molar-refractivity contribution in [3.63, 3.8) is 0 Å². The van der Waals surface area contributed by atoms with Crippen LogP contribution < -0.4 is 10.0 Å². The maximum Gasteiger partial charge on any atom is 0.339 e. The van der Waals surface area contributed by atoms with E-state index in [1.54, 1.807) is 54.6 Å². The molecular formula is C23H22N2O5S. The van der Waals surface area contributed by atoms with Gasteiger partial charge in [-0.1, -0.05) is 48.0 Å². The topological polar surface area (TPSA) is 107 Å². The van der Waals surface area contributed by atoms with Crippen LogP contribution in [0.4, 0.5) is 5.69 Å². The first-order chi connectivity index (χ1) is 14.7. The van der Waals surface area contributed by atoms with Crippen LogP contribution in [0.3, 0.4) is 0 Å². The summed E-state index contributed by atoms with van der Waals surface area (Å²) in [5.74, 6) is -1.54. The summed E-state index contributed by atoms with van der Waals surface area (Å²) in [6.07, 6.45) is -1.22. The molecule has 0 aliphatic heterocycles. The zero-order chi connectivity index (χ0) is 22.6. The number of aryl methyl sites for hydroxylation is 1. The Kier molecular flexibility index (Phi) is 6.41. The number of carbonyl (C=O) groups excluding carboxylic acids is 2. The van der Waals surface area contributed by atoms with Gasteiger partial charge in [0.05, 0.1) is 16.1 Å². The summed E-state index contributed by atoms with van der Waals surface area (Å²) in [7, 11) is -2.32. The Labute approximate surface area is 181 Å². The summed E-state index contributed by atoms with van der Waals surface area (Å²) in [4.78, 5) is 24.4. The Balaban J connectivity index is 1.78. The van der Waals surface area contributed by atoms with Crippen molar-refractivity contribution in [3.05, 3.63) is 95.6 Å². The number of hydrogen-bond donors (Lipinski definition) is 1. The second-order valence-corrected chi connectivity index (χ2v) is 8.90. The first kappa shape index (κ1) is 22.0. The van der Waals surface area contributed by atoms with E-state index in [2.05, 4.69) is 0 Å². The molecule has 3 rings (SSSR count). The predicted octanol–water partition coefficient (Wildman–Crippen LogP) is 3.20. The molecule has 3 aromatic carbocycles. The number of primary amides is 1. The molecule has 0 aromatic heterocycles. The largest absolute Gasteiger partial charge is 0.444 e. The lowest BCUT2D eigenvalue weighted by molar-refractivity contribution is -0.127. The van der Waals surface area contributed by atoms with Crippen molar-refractivity contribution in [3.8, 4) is 0 Å². The van der Waals surface area contributed by atoms with Gasteiger partial charge >= 0.3 is 5.97 Å². The molecule has 0 saturated carbocycles. The van der Waals surface area contributed by atoms with Crippen molar-refractivity contribution in [1.29, 1.82) is 0 Å². The zero-order valence-corrected chi connectivity index (χ0v) is 17.9. The SMILES string of the molecule is Cc1ccc(S(=O)(=O)N(C)c2ccc(C(=O)O[C@H](C(N)=O)c3ccccc3)cc2)cc1. The number of nitrogens with zero attached hydrogens (tertiary/aromatic N) is 1. The van der Waals surface area contributed by atoms with Gasteiger partial charge in [0.15, 0.2) is 0 Å². The molecule has 0 fully saturated rings. The lowest BCUT2D eigenvalue weighted by Gasteiger charge is -2.20. The van der Waals surface area contributed by atoms with Gasteiger partial charge in [0.25, 0.3) is 15.9 Å². The van der Waals surface area contributed by atoms with E-state index in [4.69, 9.17) is 10.5 Å². The molecule has 0 aliphatic carbocycles. The van der Waals surface area contributed by atoms with Gasteiger partial charge in [-0.15, -0.1) is 0 Å². The highest BCUT2D eigenvalue weighted by molar-refractivity contribution is 7.92. The van der Waals surface area contributed by atoms with Crippen LogP contribution >= 0.6 is 0 Å². The Morgan fingerprint density at radius 3 is 2.03 bits per heavy atom. The van der Waals surface area contributed by atoms with Gasteiger partial charge in [0.1, 0.15) is 0 Å². The van der Waals surface area contributed by atoms with Gasteiger partial charge in [0.2, 0.25) is 6.10 Å². The van der Waals surface area contributed by atoms with Crippen molar-refractivity contribution < 1.29 is 22.7 Å². The van der Waals surface area contributed by atoms with E-state index in [1.165, 1.54) is 31.3 Å². The fourth-order valence-corrected chi connectivity index (χ4v) is 4.10. The maximum atomic E-state index is 12.8. The van der Waals surface area contributed by atoms with Crippen molar-refractivity contribution in [2.45, 2.75) is 17.9 Å². The number of nitrogens with two attached hydrogens (primary N) is 1. The summed E-state index contributed by atoms with van der Waals surface area (Å²) in [6.45, 7) is 1.87. The fraction of sp³-hybridized carbons (Fsp3) is 0.130. The molecule has 7 nitrogen and oxygen atoms in total. The molecule has 31 heavy (non-hydrogen) atoms. The van der Waals surface area contributed by atoms with E-state index in [1.807, 2.05) is 6.92 Å². The standard InChI is InChI=1S/C23H22N2O5S/c1-16-8-14-20(15-9-16)31(28,29)25(2)19-12-10-18(11-13-19)23(27)30-21(22(24)26)17-6-4-3-5-7-17/h3-15,21H,1-2H3,(H2,24,26)/t21-/m0/s1. The van der Waals surface area contributed by atoms with Gasteiger partial charge in [-0.3, -0.25) is 9.10 Å². The minimum atomic E-state index is -3.75. The fourth-order valence-electron chi connectivity index (χ4n) is 2.91. The van der Waals surface area contributed by atoms with Crippen LogP contribution in [0, 0.1) is 6.92 Å². The van der Waals surface area contributed by atoms with Gasteiger partial charge in [-0.05, 0) is 43.3 Å². The van der Waals surface area contributed by atoms with Crippen LogP contribution in [0.15, 0.2) is 83.8 Å². The molecule has 0 aliphatic rings. The first-order valence-corrected chi connectivity index (χ1v) is 10.8. The molecule has 3 aromatic rings. The second-order valence-electron chi connectivity index (χ2n) is 6.93. The van der Waals surface area contributed by atoms with Crippen LogP contribution in [0.25, 0.3) is 0 Å². The van der Waals surface area contributed by atoms with E-state index < -0.39 is 28.0 Å². The highest BCUT2D eigenvalue weighted by Gasteiger charge is 2.24. The molecule has 1 amide bonds. The number of anilines is 1. The molecule has 0 bridgehead atoms. The van der Waals surface area contributed by atoms with Gasteiger partial charge in [-0.2, -0.15) is 0 Å². The molecule has 2 N–H and O–H groups in total. The molecule has 0 spiro atoms. The molecule has 0 radical (unpaired) electrons. The molecule has 8 heteroatoms. The minimum absolute atomic E-state index is 0.159. The highest BCUT2D eigenvalue weighted by Crippen LogP contribution is 2.24. The van der Waals surface area contributed by atoms with Crippen LogP contribution in [0.5, 0.6) is 0 Å². The number of benzene rings is 3. The van der Waals surface area contributed by atoms with Crippen molar-refractivity contribution >= 4 is 27.6 Å². The third kappa shape index (κ3) is 4.92. The average molecular weight is 439 g/mol. The van der Waals surface area contributed by atoms with Gasteiger partial charge < -0.3 is 10.5 Å². The first-order valence-electron chi connectivity index (χ1n) is 9.41. The normalized spacial score (nSPS) is 12.1. The molecule has 0 unspecified atom stereocenters. The summed E-state index contributed by atoms with van der Waals surface area (Å²) in [5.41, 5.74) is 7.32. The second kappa shape index (κ2) is 9.01. The quantitative estimate of drug-likeness (QED) is 0.570. The van der Waals surface area contributed by atoms with E-state index in [0.717, 1.165) is 9.87 Å². The number of ether oxygens (including phenoxy) is 1. The van der Waals surface area contributed by atoms with Crippen molar-refractivity contribution in [2.24, 2.45) is 5.73 Å². The Morgan fingerprint density at radius 2 is 1.48 bits per heavy atom. The Hall–Kier alpha value is -3.65. The molecule has 160 valence electrons. The molecule has 0 saturated heterocycles. The number of sulfonamides is 1. The van der Waals surface area contributed by atoms with Crippen molar-refractivity contribution in [2.75, 3.05) is 11.4 Å². The van der Waals surface area contributed by atoms with E-state index in [0.29, 0.717) is 11.3 Å². The molecule has 1 atom stereocenters. The third-order valence-corrected chi connectivity index (χ3v) is 6.53. The molecular weight excluding hydrogens is 416 g/mol. The van der Waals surface area contributed by atoms with Crippen LogP contribution in [-0.2, 0) is 19.6 Å². The summed E-state index contributed by atoms with van der Waals surface area (Å²) >= 11 is 0. The summed E-state index contributed by atoms with van der Waals surface area (Å²) in [5, 5.41) is 0. The molecule has 0 heterocycles. The number of hydrogen-bond acceptors (Lipinski definition) is 5. The smallest absolute Gasteiger partial charge is 0.339 e. The van der Waals surface area contributed by atoms with Crippen LogP contribution in [0.1, 0.15) is 27.6 Å². The van der Waals surface area contributed by atoms with Gasteiger partial charge in [-0.25, -0.2) is 13.2 Å². The number of carbonyl (C=O) groups is 2. The maximum absolute atomic E-state index is 12.8. The van der Waals surface area contributed by atoms with Crippen molar-refractivity contribution in [1.82, 2.24) is 0 Å². The number of esters is 1. The van der Waals surface area contributed by atoms with E-state index >= 15 is 0 Å². The minimum Gasteiger partial charge on any atom is -0.444 e. The lowest BCUT2D eigenvalue weighted by Crippen LogP contribution is -2.27. The highest BCUT2D eigenvalue weighted by atomic mass is 32.2.